The first kappa shape index (κ1) is 26.8. The molecule has 3 rings (SSSR count). The first-order valence-electron chi connectivity index (χ1n) is 10.9. The molecule has 0 saturated carbocycles. The molecule has 1 aliphatic rings. The van der Waals surface area contributed by atoms with Crippen LogP contribution in [0.3, 0.4) is 0 Å². The van der Waals surface area contributed by atoms with E-state index in [1.54, 1.807) is 23.9 Å². The molecule has 1 aliphatic heterocycles. The number of halogens is 3. The summed E-state index contributed by atoms with van der Waals surface area (Å²) >= 11 is 0. The van der Waals surface area contributed by atoms with Crippen LogP contribution < -0.4 is 15.5 Å². The highest BCUT2D eigenvalue weighted by Crippen LogP contribution is 2.26. The molecule has 2 aromatic rings. The van der Waals surface area contributed by atoms with Gasteiger partial charge in [-0.25, -0.2) is 8.78 Å². The summed E-state index contributed by atoms with van der Waals surface area (Å²) in [4.78, 5) is 20.1. The van der Waals surface area contributed by atoms with Crippen molar-refractivity contribution < 1.29 is 13.6 Å². The summed E-state index contributed by atoms with van der Waals surface area (Å²) in [7, 11) is 3.47. The van der Waals surface area contributed by atoms with Crippen molar-refractivity contribution in [1.82, 2.24) is 15.5 Å². The fourth-order valence-corrected chi connectivity index (χ4v) is 3.80. The fraction of sp³-hybridized carbons (Fsp3) is 0.417. The predicted octanol–water partition coefficient (Wildman–Crippen LogP) is 3.66. The molecule has 1 atom stereocenters. The minimum absolute atomic E-state index is 0. The lowest BCUT2D eigenvalue weighted by Crippen LogP contribution is -2.44. The number of hydrogen-bond acceptors (Lipinski definition) is 3. The van der Waals surface area contributed by atoms with Crippen LogP contribution in [0, 0.1) is 11.6 Å². The molecule has 0 aliphatic carbocycles. The standard InChI is InChI=1S/C24H31F2N5O.HI/c1-4-27-24(28-13-11-17-7-5-8-18(15-17)23(32)30(2)3)29-19-12-14-31(16-19)22-20(25)9-6-10-21(22)26;/h5-10,15,19H,4,11-14,16H2,1-3H3,(H2,27,28,29);1H. The molecule has 1 saturated heterocycles. The Kier molecular flexibility index (Phi) is 10.3. The number of carbonyl (C=O) groups is 1. The molecule has 6 nitrogen and oxygen atoms in total. The Morgan fingerprint density at radius 1 is 1.18 bits per heavy atom. The number of rotatable bonds is 7. The van der Waals surface area contributed by atoms with Gasteiger partial charge in [0.1, 0.15) is 17.3 Å². The second kappa shape index (κ2) is 12.7. The molecule has 0 aromatic heterocycles. The summed E-state index contributed by atoms with van der Waals surface area (Å²) in [5.74, 6) is -0.432. The molecule has 2 aromatic carbocycles. The lowest BCUT2D eigenvalue weighted by Gasteiger charge is -2.21. The van der Waals surface area contributed by atoms with Gasteiger partial charge < -0.3 is 20.4 Å². The smallest absolute Gasteiger partial charge is 0.253 e. The maximum Gasteiger partial charge on any atom is 0.253 e. The summed E-state index contributed by atoms with van der Waals surface area (Å²) < 4.78 is 28.2. The van der Waals surface area contributed by atoms with E-state index in [0.29, 0.717) is 44.1 Å². The molecule has 33 heavy (non-hydrogen) atoms. The van der Waals surface area contributed by atoms with Gasteiger partial charge in [-0.1, -0.05) is 18.2 Å². The molecule has 0 spiro atoms. The van der Waals surface area contributed by atoms with Gasteiger partial charge >= 0.3 is 0 Å². The molecular weight excluding hydrogens is 539 g/mol. The Bertz CT molecular complexity index is 949. The highest BCUT2D eigenvalue weighted by molar-refractivity contribution is 14.0. The van der Waals surface area contributed by atoms with Gasteiger partial charge in [0.15, 0.2) is 5.96 Å². The van der Waals surface area contributed by atoms with E-state index in [9.17, 15) is 13.6 Å². The zero-order valence-corrected chi connectivity index (χ0v) is 21.6. The Balaban J connectivity index is 0.00000385. The summed E-state index contributed by atoms with van der Waals surface area (Å²) in [6.07, 6.45) is 1.45. The summed E-state index contributed by atoms with van der Waals surface area (Å²) in [5.41, 5.74) is 1.73. The van der Waals surface area contributed by atoms with Crippen LogP contribution in [-0.4, -0.2) is 63.1 Å². The Morgan fingerprint density at radius 2 is 1.88 bits per heavy atom. The SMILES string of the molecule is CCNC(=NCCc1cccc(C(=O)N(C)C)c1)NC1CCN(c2c(F)cccc2F)C1.I. The Morgan fingerprint density at radius 3 is 2.55 bits per heavy atom. The lowest BCUT2D eigenvalue weighted by molar-refractivity contribution is 0.0827. The average molecular weight is 571 g/mol. The van der Waals surface area contributed by atoms with Crippen LogP contribution in [0.5, 0.6) is 0 Å². The summed E-state index contributed by atoms with van der Waals surface area (Å²) in [5, 5.41) is 6.61. The van der Waals surface area contributed by atoms with Crippen molar-refractivity contribution in [2.75, 3.05) is 45.2 Å². The minimum Gasteiger partial charge on any atom is -0.365 e. The third kappa shape index (κ3) is 7.28. The first-order chi connectivity index (χ1) is 15.4. The zero-order chi connectivity index (χ0) is 23.1. The largest absolute Gasteiger partial charge is 0.365 e. The second-order valence-electron chi connectivity index (χ2n) is 8.06. The van der Waals surface area contributed by atoms with Gasteiger partial charge in [0.25, 0.3) is 5.91 Å². The van der Waals surface area contributed by atoms with E-state index in [0.717, 1.165) is 12.0 Å². The average Bonchev–Trinajstić information content (AvgIpc) is 3.21. The van der Waals surface area contributed by atoms with Crippen LogP contribution in [0.1, 0.15) is 29.3 Å². The number of aliphatic imine (C=N–C) groups is 1. The number of nitrogens with zero attached hydrogens (tertiary/aromatic N) is 3. The van der Waals surface area contributed by atoms with E-state index < -0.39 is 11.6 Å². The molecule has 1 heterocycles. The number of anilines is 1. The molecule has 1 amide bonds. The predicted molar refractivity (Wildman–Crippen MR) is 140 cm³/mol. The number of hydrogen-bond donors (Lipinski definition) is 2. The molecule has 9 heteroatoms. The quantitative estimate of drug-likeness (QED) is 0.303. The van der Waals surface area contributed by atoms with Crippen molar-refractivity contribution in [2.45, 2.75) is 25.8 Å². The molecular formula is C24H32F2IN5O. The number of amides is 1. The Labute approximate surface area is 211 Å². The van der Waals surface area contributed by atoms with Crippen LogP contribution in [0.15, 0.2) is 47.5 Å². The van der Waals surface area contributed by atoms with Crippen molar-refractivity contribution in [1.29, 1.82) is 0 Å². The van der Waals surface area contributed by atoms with E-state index in [2.05, 4.69) is 15.6 Å². The highest BCUT2D eigenvalue weighted by atomic mass is 127. The zero-order valence-electron chi connectivity index (χ0n) is 19.3. The normalized spacial score (nSPS) is 15.7. The number of benzene rings is 2. The van der Waals surface area contributed by atoms with Crippen molar-refractivity contribution in [2.24, 2.45) is 4.99 Å². The molecule has 0 radical (unpaired) electrons. The monoisotopic (exact) mass is 571 g/mol. The molecule has 1 unspecified atom stereocenters. The van der Waals surface area contributed by atoms with E-state index in [1.165, 1.54) is 18.2 Å². The van der Waals surface area contributed by atoms with E-state index in [1.807, 2.05) is 31.2 Å². The van der Waals surface area contributed by atoms with Crippen LogP contribution in [-0.2, 0) is 6.42 Å². The topological polar surface area (TPSA) is 60.0 Å². The van der Waals surface area contributed by atoms with E-state index in [-0.39, 0.29) is 41.6 Å². The van der Waals surface area contributed by atoms with Gasteiger partial charge in [-0.05, 0) is 49.6 Å². The number of guanidine groups is 1. The lowest BCUT2D eigenvalue weighted by atomic mass is 10.1. The maximum absolute atomic E-state index is 14.1. The van der Waals surface area contributed by atoms with Crippen LogP contribution in [0.25, 0.3) is 0 Å². The molecule has 2 N–H and O–H groups in total. The van der Waals surface area contributed by atoms with Gasteiger partial charge in [0, 0.05) is 51.9 Å². The van der Waals surface area contributed by atoms with Gasteiger partial charge in [-0.15, -0.1) is 24.0 Å². The Hall–Kier alpha value is -2.43. The van der Waals surface area contributed by atoms with Crippen molar-refractivity contribution in [3.63, 3.8) is 0 Å². The first-order valence-corrected chi connectivity index (χ1v) is 10.9. The summed E-state index contributed by atoms with van der Waals surface area (Å²) in [6, 6.07) is 11.6. The van der Waals surface area contributed by atoms with Crippen molar-refractivity contribution in [3.05, 3.63) is 65.2 Å². The number of para-hydroxylation sites is 1. The van der Waals surface area contributed by atoms with Crippen molar-refractivity contribution in [3.8, 4) is 0 Å². The van der Waals surface area contributed by atoms with E-state index >= 15 is 0 Å². The van der Waals surface area contributed by atoms with Gasteiger partial charge in [-0.2, -0.15) is 0 Å². The van der Waals surface area contributed by atoms with Crippen molar-refractivity contribution >= 4 is 41.5 Å². The second-order valence-corrected chi connectivity index (χ2v) is 8.06. The number of carbonyl (C=O) groups excluding carboxylic acids is 1. The summed E-state index contributed by atoms with van der Waals surface area (Å²) in [6.45, 7) is 4.31. The third-order valence-electron chi connectivity index (χ3n) is 5.38. The molecule has 1 fully saturated rings. The maximum atomic E-state index is 14.1. The van der Waals surface area contributed by atoms with E-state index in [4.69, 9.17) is 0 Å². The molecule has 0 bridgehead atoms. The van der Waals surface area contributed by atoms with Crippen LogP contribution in [0.2, 0.25) is 0 Å². The number of nitrogens with one attached hydrogen (secondary N) is 2. The van der Waals surface area contributed by atoms with Gasteiger partial charge in [-0.3, -0.25) is 9.79 Å². The highest BCUT2D eigenvalue weighted by Gasteiger charge is 2.27. The molecule has 180 valence electrons. The van der Waals surface area contributed by atoms with Crippen LogP contribution >= 0.6 is 24.0 Å². The van der Waals surface area contributed by atoms with Gasteiger partial charge in [0.05, 0.1) is 0 Å². The van der Waals surface area contributed by atoms with Crippen LogP contribution in [0.4, 0.5) is 14.5 Å². The third-order valence-corrected chi connectivity index (χ3v) is 5.38. The minimum atomic E-state index is -0.541. The fourth-order valence-electron chi connectivity index (χ4n) is 3.80. The van der Waals surface area contributed by atoms with Gasteiger partial charge in [0.2, 0.25) is 0 Å².